The second-order valence-electron chi connectivity index (χ2n) is 11.4. The van der Waals surface area contributed by atoms with Gasteiger partial charge in [0.15, 0.2) is 41.2 Å². The van der Waals surface area contributed by atoms with Crippen molar-refractivity contribution < 1.29 is 78.8 Å². The van der Waals surface area contributed by atoms with E-state index in [1.165, 1.54) is 57.7 Å². The number of rotatable bonds is 12. The lowest BCUT2D eigenvalue weighted by Crippen LogP contribution is -2.59. The Bertz CT molecular complexity index is 1620. The molecule has 0 amide bonds. The van der Waals surface area contributed by atoms with Crippen LogP contribution in [0.1, 0.15) is 40.1 Å². The summed E-state index contributed by atoms with van der Waals surface area (Å²) < 4.78 is 39.8. The molecule has 8 N–H and O–H groups in total. The van der Waals surface area contributed by atoms with E-state index >= 15 is 0 Å². The van der Waals surface area contributed by atoms with Gasteiger partial charge in [0.25, 0.3) is 0 Å². The van der Waals surface area contributed by atoms with Crippen molar-refractivity contribution in [2.24, 2.45) is 0 Å². The summed E-state index contributed by atoms with van der Waals surface area (Å²) in [6.45, 7) is -1.21. The van der Waals surface area contributed by atoms with Gasteiger partial charge in [-0.2, -0.15) is 0 Å². The van der Waals surface area contributed by atoms with Crippen LogP contribution < -0.4 is 23.7 Å². The van der Waals surface area contributed by atoms with E-state index in [1.54, 1.807) is 0 Å². The van der Waals surface area contributed by atoms with E-state index in [-0.39, 0.29) is 57.8 Å². The molecule has 0 bridgehead atoms. The van der Waals surface area contributed by atoms with E-state index in [4.69, 9.17) is 33.2 Å². The average Bonchev–Trinajstić information content (AvgIpc) is 3.08. The van der Waals surface area contributed by atoms with Gasteiger partial charge in [0.2, 0.25) is 5.75 Å². The van der Waals surface area contributed by atoms with E-state index in [0.717, 1.165) is 6.07 Å². The Morgan fingerprint density at radius 1 is 0.857 bits per heavy atom. The fraction of sp³-hybridized carbons (Fsp3) is 0.424. The second kappa shape index (κ2) is 14.9. The zero-order valence-corrected chi connectivity index (χ0v) is 26.6. The number of carbonyl (C=O) groups is 1. The number of aliphatic hydroxyl groups is 5. The molecule has 2 heterocycles. The maximum atomic E-state index is 13.0. The first-order chi connectivity index (χ1) is 23.4. The van der Waals surface area contributed by atoms with Crippen molar-refractivity contribution in [3.63, 3.8) is 0 Å². The SMILES string of the molecule is COc1cc([C@@H](O)[C@H](CO[C@@H]2O[C@H](CO)[C@@H](O)[C@H](O)[C@H]2O)Oc2c(OC)cc(C3CC(=O)c4c(O)cc(O)cc4O3)cc2OC)ccc1O. The standard InChI is InChI=1S/C33H38O16/c1-43-21-6-14(4-5-17(21)36)28(39)26(13-46-33-31(42)30(41)29(40)25(12-34)49-33)48-32-23(44-2)7-15(8-24(32)45-3)20-11-19(38)27-18(37)9-16(35)10-22(27)47-20/h4-10,20,25-26,28-31,33-37,39-42H,11-13H2,1-3H3/t20?,25-,26+,28-,29-,30+,31-,33-/m1/s1. The number of methoxy groups -OCH3 is 3. The van der Waals surface area contributed by atoms with Crippen molar-refractivity contribution in [3.05, 3.63) is 59.2 Å². The molecule has 2 aliphatic rings. The van der Waals surface area contributed by atoms with Gasteiger partial charge >= 0.3 is 0 Å². The molecule has 266 valence electrons. The minimum atomic E-state index is -1.74. The van der Waals surface area contributed by atoms with Crippen molar-refractivity contribution in [2.75, 3.05) is 34.5 Å². The molecular formula is C33H38O16. The van der Waals surface area contributed by atoms with E-state index < -0.39 is 73.8 Å². The van der Waals surface area contributed by atoms with Gasteiger partial charge in [-0.15, -0.1) is 0 Å². The Hall–Kier alpha value is -4.55. The summed E-state index contributed by atoms with van der Waals surface area (Å²) >= 11 is 0. The molecule has 0 radical (unpaired) electrons. The molecule has 49 heavy (non-hydrogen) atoms. The first-order valence-electron chi connectivity index (χ1n) is 15.1. The zero-order chi connectivity index (χ0) is 35.6. The number of phenolic OH excluding ortho intramolecular Hbond substituents is 3. The fourth-order valence-electron chi connectivity index (χ4n) is 5.64. The highest BCUT2D eigenvalue weighted by molar-refractivity contribution is 6.02. The molecule has 0 saturated carbocycles. The average molecular weight is 691 g/mol. The highest BCUT2D eigenvalue weighted by atomic mass is 16.7. The minimum Gasteiger partial charge on any atom is -0.508 e. The van der Waals surface area contributed by atoms with Crippen molar-refractivity contribution in [2.45, 2.75) is 55.4 Å². The number of hydrogen-bond acceptors (Lipinski definition) is 16. The van der Waals surface area contributed by atoms with E-state index in [9.17, 15) is 45.6 Å². The van der Waals surface area contributed by atoms with Crippen LogP contribution >= 0.6 is 0 Å². The number of ketones is 1. The third-order valence-corrected chi connectivity index (χ3v) is 8.28. The molecular weight excluding hydrogens is 652 g/mol. The number of fused-ring (bicyclic) bond motifs is 1. The summed E-state index contributed by atoms with van der Waals surface area (Å²) in [7, 11) is 4.00. The number of aliphatic hydroxyl groups excluding tert-OH is 5. The molecule has 0 aliphatic carbocycles. The first-order valence-corrected chi connectivity index (χ1v) is 15.1. The van der Waals surface area contributed by atoms with Crippen LogP contribution in [0.2, 0.25) is 0 Å². The van der Waals surface area contributed by atoms with Crippen LogP contribution in [0.3, 0.4) is 0 Å². The molecule has 1 saturated heterocycles. The third kappa shape index (κ3) is 7.25. The van der Waals surface area contributed by atoms with E-state index in [1.807, 2.05) is 0 Å². The number of benzene rings is 3. The highest BCUT2D eigenvalue weighted by Crippen LogP contribution is 2.46. The van der Waals surface area contributed by atoms with Crippen LogP contribution in [0.15, 0.2) is 42.5 Å². The van der Waals surface area contributed by atoms with Crippen molar-refractivity contribution in [1.29, 1.82) is 0 Å². The summed E-state index contributed by atoms with van der Waals surface area (Å²) in [6.07, 6.45) is -11.8. The number of ether oxygens (including phenoxy) is 7. The van der Waals surface area contributed by atoms with Crippen molar-refractivity contribution in [3.8, 4) is 46.0 Å². The number of carbonyl (C=O) groups excluding carboxylic acids is 1. The van der Waals surface area contributed by atoms with Gasteiger partial charge in [-0.05, 0) is 29.8 Å². The maximum Gasteiger partial charge on any atom is 0.204 e. The van der Waals surface area contributed by atoms with E-state index in [0.29, 0.717) is 5.56 Å². The molecule has 3 aromatic rings. The third-order valence-electron chi connectivity index (χ3n) is 8.28. The molecule has 0 aromatic heterocycles. The molecule has 1 fully saturated rings. The van der Waals surface area contributed by atoms with Crippen LogP contribution in [0.4, 0.5) is 0 Å². The topological polar surface area (TPSA) is 244 Å². The summed E-state index contributed by atoms with van der Waals surface area (Å²) in [5.74, 6) is -1.19. The Labute approximate surface area is 279 Å². The fourth-order valence-corrected chi connectivity index (χ4v) is 5.64. The van der Waals surface area contributed by atoms with Gasteiger partial charge in [-0.3, -0.25) is 4.79 Å². The summed E-state index contributed by atoms with van der Waals surface area (Å²) in [6, 6.07) is 9.35. The second-order valence-corrected chi connectivity index (χ2v) is 11.4. The lowest BCUT2D eigenvalue weighted by atomic mass is 9.95. The molecule has 0 spiro atoms. The normalized spacial score (nSPS) is 24.7. The highest BCUT2D eigenvalue weighted by Gasteiger charge is 2.44. The molecule has 8 atom stereocenters. The van der Waals surface area contributed by atoms with Crippen LogP contribution in [-0.4, -0.2) is 118 Å². The lowest BCUT2D eigenvalue weighted by molar-refractivity contribution is -0.305. The smallest absolute Gasteiger partial charge is 0.204 e. The largest absolute Gasteiger partial charge is 0.508 e. The zero-order valence-electron chi connectivity index (χ0n) is 26.6. The Balaban J connectivity index is 1.48. The van der Waals surface area contributed by atoms with Crippen LogP contribution in [0, 0.1) is 0 Å². The van der Waals surface area contributed by atoms with Gasteiger partial charge in [0.05, 0.1) is 41.0 Å². The summed E-state index contributed by atoms with van der Waals surface area (Å²) in [4.78, 5) is 13.0. The number of hydrogen-bond donors (Lipinski definition) is 8. The molecule has 1 unspecified atom stereocenters. The Morgan fingerprint density at radius 3 is 2.16 bits per heavy atom. The lowest BCUT2D eigenvalue weighted by Gasteiger charge is -2.40. The number of Topliss-reactive ketones (excluding diaryl/α,β-unsaturated/α-hetero) is 1. The van der Waals surface area contributed by atoms with Gasteiger partial charge < -0.3 is 74.0 Å². The molecule has 5 rings (SSSR count). The number of aromatic hydroxyl groups is 3. The first kappa shape index (κ1) is 35.7. The van der Waals surface area contributed by atoms with Crippen molar-refractivity contribution in [1.82, 2.24) is 0 Å². The molecule has 2 aliphatic heterocycles. The summed E-state index contributed by atoms with van der Waals surface area (Å²) in [5, 5.41) is 82.2. The van der Waals surface area contributed by atoms with Crippen molar-refractivity contribution >= 4 is 5.78 Å². The van der Waals surface area contributed by atoms with Gasteiger partial charge in [-0.25, -0.2) is 0 Å². The van der Waals surface area contributed by atoms with Gasteiger partial charge in [-0.1, -0.05) is 6.07 Å². The predicted molar refractivity (Wildman–Crippen MR) is 165 cm³/mol. The van der Waals surface area contributed by atoms with Crippen LogP contribution in [0.25, 0.3) is 0 Å². The molecule has 16 heteroatoms. The van der Waals surface area contributed by atoms with Crippen LogP contribution in [0.5, 0.6) is 46.0 Å². The Morgan fingerprint density at radius 2 is 1.53 bits per heavy atom. The predicted octanol–water partition coefficient (Wildman–Crippen LogP) is 0.833. The maximum absolute atomic E-state index is 13.0. The quantitative estimate of drug-likeness (QED) is 0.131. The van der Waals surface area contributed by atoms with Gasteiger partial charge in [0, 0.05) is 17.7 Å². The van der Waals surface area contributed by atoms with E-state index in [2.05, 4.69) is 0 Å². The Kier molecular flexibility index (Phi) is 10.9. The minimum absolute atomic E-state index is 0.0186. The number of phenols is 3. The molecule has 16 nitrogen and oxygen atoms in total. The summed E-state index contributed by atoms with van der Waals surface area (Å²) in [5.41, 5.74) is 0.557. The van der Waals surface area contributed by atoms with Gasteiger partial charge in [0.1, 0.15) is 59.4 Å². The molecule has 3 aromatic carbocycles. The monoisotopic (exact) mass is 690 g/mol. The van der Waals surface area contributed by atoms with Crippen LogP contribution in [-0.2, 0) is 9.47 Å².